The molecule has 0 saturated carbocycles. The molecule has 2 aliphatic heterocycles. The van der Waals surface area contributed by atoms with Crippen LogP contribution in [0.15, 0.2) is 0 Å². The molecule has 0 aromatic carbocycles. The minimum Gasteiger partial charge on any atom is -0.341 e. The third kappa shape index (κ3) is 6.87. The molecular weight excluding hydrogens is 314 g/mol. The smallest absolute Gasteiger partial charge is 0.320 e. The van der Waals surface area contributed by atoms with Gasteiger partial charge in [0.1, 0.15) is 6.54 Å². The maximum absolute atomic E-state index is 12.7. The van der Waals surface area contributed by atoms with Crippen molar-refractivity contribution in [1.29, 1.82) is 0 Å². The zero-order chi connectivity index (χ0) is 18.7. The Kier molecular flexibility index (Phi) is 10.6. The lowest BCUT2D eigenvalue weighted by atomic mass is 10.0. The topological polar surface area (TPSA) is 43.9 Å². The Labute approximate surface area is 154 Å². The standard InChI is InChI=1S/C17H31N3O2.C3H8/c1-3-8-15(9-4-2)20-13-7-12-19(17(20)22)14-16(21)18-10-5-6-11-18;1-3-2/h15H,3-14H2,1-2H3;3H2,1-2H3. The predicted octanol–water partition coefficient (Wildman–Crippen LogP) is 4.12. The fraction of sp³-hybridized carbons (Fsp3) is 0.900. The zero-order valence-electron chi connectivity index (χ0n) is 16.9. The van der Waals surface area contributed by atoms with Gasteiger partial charge < -0.3 is 14.7 Å². The second kappa shape index (κ2) is 12.2. The van der Waals surface area contributed by atoms with Crippen LogP contribution >= 0.6 is 0 Å². The lowest BCUT2D eigenvalue weighted by molar-refractivity contribution is -0.131. The van der Waals surface area contributed by atoms with Crippen LogP contribution in [0.4, 0.5) is 4.79 Å². The lowest BCUT2D eigenvalue weighted by Gasteiger charge is -2.40. The van der Waals surface area contributed by atoms with Crippen molar-refractivity contribution in [1.82, 2.24) is 14.7 Å². The quantitative estimate of drug-likeness (QED) is 0.691. The molecular formula is C20H39N3O2. The highest BCUT2D eigenvalue weighted by Gasteiger charge is 2.32. The van der Waals surface area contributed by atoms with E-state index in [-0.39, 0.29) is 18.5 Å². The summed E-state index contributed by atoms with van der Waals surface area (Å²) in [5, 5.41) is 0. The van der Waals surface area contributed by atoms with Gasteiger partial charge in [0.15, 0.2) is 0 Å². The summed E-state index contributed by atoms with van der Waals surface area (Å²) in [6.07, 6.45) is 8.74. The molecule has 0 radical (unpaired) electrons. The third-order valence-electron chi connectivity index (χ3n) is 4.81. The molecule has 2 rings (SSSR count). The molecule has 0 aromatic rings. The summed E-state index contributed by atoms with van der Waals surface area (Å²) in [5.74, 6) is 0.121. The molecule has 0 N–H and O–H groups in total. The van der Waals surface area contributed by atoms with Crippen molar-refractivity contribution in [2.75, 3.05) is 32.7 Å². The van der Waals surface area contributed by atoms with E-state index in [2.05, 4.69) is 27.7 Å². The molecule has 0 aliphatic carbocycles. The zero-order valence-corrected chi connectivity index (χ0v) is 16.9. The first-order valence-corrected chi connectivity index (χ1v) is 10.4. The van der Waals surface area contributed by atoms with Crippen LogP contribution < -0.4 is 0 Å². The number of amides is 3. The Balaban J connectivity index is 0.000000970. The van der Waals surface area contributed by atoms with Gasteiger partial charge >= 0.3 is 6.03 Å². The van der Waals surface area contributed by atoms with Gasteiger partial charge in [0, 0.05) is 32.2 Å². The summed E-state index contributed by atoms with van der Waals surface area (Å²) in [6, 6.07) is 0.415. The molecule has 0 unspecified atom stereocenters. The van der Waals surface area contributed by atoms with E-state index in [1.54, 1.807) is 4.90 Å². The van der Waals surface area contributed by atoms with Crippen LogP contribution in [0.25, 0.3) is 0 Å². The maximum atomic E-state index is 12.7. The molecule has 2 heterocycles. The van der Waals surface area contributed by atoms with Crippen molar-refractivity contribution in [3.05, 3.63) is 0 Å². The fourth-order valence-electron chi connectivity index (χ4n) is 3.64. The first-order valence-electron chi connectivity index (χ1n) is 10.4. The fourth-order valence-corrected chi connectivity index (χ4v) is 3.64. The number of hydrogen-bond acceptors (Lipinski definition) is 2. The van der Waals surface area contributed by atoms with Crippen molar-refractivity contribution < 1.29 is 9.59 Å². The summed E-state index contributed by atoms with van der Waals surface area (Å²) in [4.78, 5) is 30.7. The van der Waals surface area contributed by atoms with E-state index in [1.807, 2.05) is 9.80 Å². The van der Waals surface area contributed by atoms with Gasteiger partial charge in [-0.05, 0) is 32.1 Å². The van der Waals surface area contributed by atoms with E-state index < -0.39 is 0 Å². The van der Waals surface area contributed by atoms with Crippen molar-refractivity contribution in [2.24, 2.45) is 0 Å². The normalized spacial score (nSPS) is 17.8. The van der Waals surface area contributed by atoms with Gasteiger partial charge in [0.05, 0.1) is 0 Å². The summed E-state index contributed by atoms with van der Waals surface area (Å²) in [6.45, 7) is 12.1. The van der Waals surface area contributed by atoms with Gasteiger partial charge in [-0.1, -0.05) is 47.0 Å². The monoisotopic (exact) mass is 353 g/mol. The highest BCUT2D eigenvalue weighted by molar-refractivity contribution is 5.84. The Bertz CT molecular complexity index is 388. The maximum Gasteiger partial charge on any atom is 0.320 e. The van der Waals surface area contributed by atoms with Crippen molar-refractivity contribution in [3.8, 4) is 0 Å². The molecule has 0 spiro atoms. The Morgan fingerprint density at radius 2 is 1.48 bits per heavy atom. The van der Waals surface area contributed by atoms with Crippen LogP contribution in [-0.4, -0.2) is 65.4 Å². The number of carbonyl (C=O) groups excluding carboxylic acids is 2. The van der Waals surface area contributed by atoms with E-state index in [9.17, 15) is 9.59 Å². The Morgan fingerprint density at radius 3 is 2.00 bits per heavy atom. The van der Waals surface area contributed by atoms with Gasteiger partial charge in [-0.3, -0.25) is 4.79 Å². The highest BCUT2D eigenvalue weighted by Crippen LogP contribution is 2.20. The summed E-state index contributed by atoms with van der Waals surface area (Å²) >= 11 is 0. The number of nitrogens with zero attached hydrogens (tertiary/aromatic N) is 3. The SMILES string of the molecule is CCC.CCCC(CCC)N1CCCN(CC(=O)N2CCCC2)C1=O. The second-order valence-corrected chi connectivity index (χ2v) is 7.28. The number of urea groups is 1. The van der Waals surface area contributed by atoms with Crippen LogP contribution in [0.2, 0.25) is 0 Å². The second-order valence-electron chi connectivity index (χ2n) is 7.28. The highest BCUT2D eigenvalue weighted by atomic mass is 16.2. The lowest BCUT2D eigenvalue weighted by Crippen LogP contribution is -2.55. The number of likely N-dealkylation sites (tertiary alicyclic amines) is 1. The number of hydrogen-bond donors (Lipinski definition) is 0. The Morgan fingerprint density at radius 1 is 0.920 bits per heavy atom. The van der Waals surface area contributed by atoms with Crippen LogP contribution in [0.1, 0.15) is 79.1 Å². The summed E-state index contributed by atoms with van der Waals surface area (Å²) in [7, 11) is 0. The summed E-state index contributed by atoms with van der Waals surface area (Å²) < 4.78 is 0. The third-order valence-corrected chi connectivity index (χ3v) is 4.81. The molecule has 2 fully saturated rings. The van der Waals surface area contributed by atoms with Gasteiger partial charge in [-0.25, -0.2) is 4.79 Å². The van der Waals surface area contributed by atoms with Crippen LogP contribution in [0, 0.1) is 0 Å². The molecule has 3 amide bonds. The van der Waals surface area contributed by atoms with E-state index >= 15 is 0 Å². The molecule has 5 nitrogen and oxygen atoms in total. The molecule has 25 heavy (non-hydrogen) atoms. The molecule has 2 saturated heterocycles. The van der Waals surface area contributed by atoms with Gasteiger partial charge in [0.2, 0.25) is 5.91 Å². The average molecular weight is 354 g/mol. The van der Waals surface area contributed by atoms with Crippen LogP contribution in [0.5, 0.6) is 0 Å². The minimum atomic E-state index is 0.0747. The van der Waals surface area contributed by atoms with Crippen LogP contribution in [0.3, 0.4) is 0 Å². The first-order chi connectivity index (χ1) is 12.1. The minimum absolute atomic E-state index is 0.0747. The molecule has 146 valence electrons. The molecule has 0 aromatic heterocycles. The van der Waals surface area contributed by atoms with Gasteiger partial charge in [0.25, 0.3) is 0 Å². The number of carbonyl (C=O) groups is 2. The van der Waals surface area contributed by atoms with E-state index in [0.29, 0.717) is 6.04 Å². The van der Waals surface area contributed by atoms with Crippen molar-refractivity contribution in [2.45, 2.75) is 85.1 Å². The van der Waals surface area contributed by atoms with Gasteiger partial charge in [-0.2, -0.15) is 0 Å². The largest absolute Gasteiger partial charge is 0.341 e. The average Bonchev–Trinajstić information content (AvgIpc) is 3.12. The van der Waals surface area contributed by atoms with Crippen molar-refractivity contribution in [3.63, 3.8) is 0 Å². The van der Waals surface area contributed by atoms with E-state index in [1.165, 1.54) is 6.42 Å². The first kappa shape index (κ1) is 21.8. The molecule has 5 heteroatoms. The van der Waals surface area contributed by atoms with E-state index in [4.69, 9.17) is 0 Å². The Hall–Kier alpha value is -1.26. The van der Waals surface area contributed by atoms with Crippen LogP contribution in [-0.2, 0) is 4.79 Å². The molecule has 0 bridgehead atoms. The predicted molar refractivity (Wildman–Crippen MR) is 104 cm³/mol. The molecule has 0 atom stereocenters. The summed E-state index contributed by atoms with van der Waals surface area (Å²) in [5.41, 5.74) is 0. The van der Waals surface area contributed by atoms with Gasteiger partial charge in [-0.15, -0.1) is 0 Å². The van der Waals surface area contributed by atoms with E-state index in [0.717, 1.165) is 71.1 Å². The number of rotatable bonds is 7. The van der Waals surface area contributed by atoms with Crippen molar-refractivity contribution >= 4 is 11.9 Å². The molecule has 2 aliphatic rings.